The number of nitrogens with zero attached hydrogens (tertiary/aromatic N) is 3. The van der Waals surface area contributed by atoms with E-state index in [0.29, 0.717) is 13.2 Å². The van der Waals surface area contributed by atoms with Crippen molar-refractivity contribution in [3.05, 3.63) is 12.3 Å². The van der Waals surface area contributed by atoms with E-state index in [1.807, 2.05) is 6.92 Å². The molecule has 1 aliphatic heterocycles. The topological polar surface area (TPSA) is 90.4 Å². The van der Waals surface area contributed by atoms with Crippen LogP contribution in [-0.4, -0.2) is 54.3 Å². The van der Waals surface area contributed by atoms with Gasteiger partial charge in [-0.05, 0) is 13.0 Å². The highest BCUT2D eigenvalue weighted by atomic mass is 32.2. The third-order valence-electron chi connectivity index (χ3n) is 3.06. The van der Waals surface area contributed by atoms with E-state index in [4.69, 9.17) is 10.5 Å². The summed E-state index contributed by atoms with van der Waals surface area (Å²) < 4.78 is 33.3. The van der Waals surface area contributed by atoms with Gasteiger partial charge >= 0.3 is 0 Å². The second-order valence-electron chi connectivity index (χ2n) is 4.41. The fraction of sp³-hybridized carbons (Fsp3) is 0.700. The highest BCUT2D eigenvalue weighted by molar-refractivity contribution is 7.89. The molecule has 1 saturated heterocycles. The second-order valence-corrected chi connectivity index (χ2v) is 6.25. The van der Waals surface area contributed by atoms with Crippen LogP contribution in [0.1, 0.15) is 6.92 Å². The number of hydrogen-bond acceptors (Lipinski definition) is 5. The van der Waals surface area contributed by atoms with Crippen molar-refractivity contribution in [2.75, 3.05) is 19.7 Å². The molecule has 0 aliphatic carbocycles. The summed E-state index contributed by atoms with van der Waals surface area (Å²) in [5.74, 6) is 0. The summed E-state index contributed by atoms with van der Waals surface area (Å²) in [5.41, 5.74) is 5.54. The molecule has 1 aromatic rings. The fourth-order valence-corrected chi connectivity index (χ4v) is 3.76. The van der Waals surface area contributed by atoms with Crippen LogP contribution < -0.4 is 5.73 Å². The average molecular weight is 274 g/mol. The Morgan fingerprint density at radius 2 is 2.33 bits per heavy atom. The largest absolute Gasteiger partial charge is 0.374 e. The first-order chi connectivity index (χ1) is 8.46. The molecule has 18 heavy (non-hydrogen) atoms. The number of sulfonamides is 1. The number of morpholine rings is 1. The Labute approximate surface area is 107 Å². The predicted octanol–water partition coefficient (Wildman–Crippen LogP) is -0.843. The monoisotopic (exact) mass is 274 g/mol. The van der Waals surface area contributed by atoms with Crippen molar-refractivity contribution < 1.29 is 13.2 Å². The Balaban J connectivity index is 2.31. The Morgan fingerprint density at radius 1 is 1.61 bits per heavy atom. The molecule has 2 atom stereocenters. The number of aryl methyl sites for hydroxylation is 1. The summed E-state index contributed by atoms with van der Waals surface area (Å²) in [6, 6.07) is 1.29. The molecule has 1 aliphatic rings. The van der Waals surface area contributed by atoms with Crippen LogP contribution in [0.3, 0.4) is 0 Å². The maximum atomic E-state index is 12.5. The van der Waals surface area contributed by atoms with Gasteiger partial charge in [0, 0.05) is 26.2 Å². The van der Waals surface area contributed by atoms with E-state index in [1.54, 1.807) is 7.05 Å². The van der Waals surface area contributed by atoms with Gasteiger partial charge in [0.05, 0.1) is 18.9 Å². The third-order valence-corrected chi connectivity index (χ3v) is 5.12. The van der Waals surface area contributed by atoms with Gasteiger partial charge in [-0.25, -0.2) is 8.42 Å². The first kappa shape index (κ1) is 13.5. The maximum absolute atomic E-state index is 12.5. The summed E-state index contributed by atoms with van der Waals surface area (Å²) in [4.78, 5) is 0. The standard InChI is InChI=1S/C10H18N4O3S/c1-8-7-17-9(5-11)6-14(8)18(15,16)10-3-4-12-13(10)2/h3-4,8-9H,5-7,11H2,1-2H3. The van der Waals surface area contributed by atoms with E-state index in [-0.39, 0.29) is 23.7 Å². The van der Waals surface area contributed by atoms with E-state index in [0.717, 1.165) is 0 Å². The summed E-state index contributed by atoms with van der Waals surface area (Å²) in [6.45, 7) is 2.77. The lowest BCUT2D eigenvalue weighted by atomic mass is 10.2. The normalized spacial score (nSPS) is 26.4. The predicted molar refractivity (Wildman–Crippen MR) is 65.4 cm³/mol. The van der Waals surface area contributed by atoms with Gasteiger partial charge in [-0.15, -0.1) is 0 Å². The Kier molecular flexibility index (Phi) is 3.71. The second kappa shape index (κ2) is 4.96. The van der Waals surface area contributed by atoms with E-state index >= 15 is 0 Å². The lowest BCUT2D eigenvalue weighted by Gasteiger charge is -2.36. The van der Waals surface area contributed by atoms with Gasteiger partial charge in [-0.1, -0.05) is 0 Å². The molecule has 2 unspecified atom stereocenters. The zero-order valence-electron chi connectivity index (χ0n) is 10.5. The Morgan fingerprint density at radius 3 is 2.89 bits per heavy atom. The van der Waals surface area contributed by atoms with Crippen molar-refractivity contribution in [1.29, 1.82) is 0 Å². The van der Waals surface area contributed by atoms with Crippen molar-refractivity contribution in [2.24, 2.45) is 12.8 Å². The van der Waals surface area contributed by atoms with E-state index < -0.39 is 10.0 Å². The first-order valence-electron chi connectivity index (χ1n) is 5.78. The van der Waals surface area contributed by atoms with Gasteiger partial charge < -0.3 is 10.5 Å². The van der Waals surface area contributed by atoms with Crippen LogP contribution in [0.25, 0.3) is 0 Å². The molecule has 102 valence electrons. The number of nitrogens with two attached hydrogens (primary N) is 1. The van der Waals surface area contributed by atoms with Gasteiger partial charge in [0.25, 0.3) is 10.0 Å². The van der Waals surface area contributed by atoms with Crippen LogP contribution in [0.2, 0.25) is 0 Å². The third kappa shape index (κ3) is 2.28. The molecule has 2 heterocycles. The van der Waals surface area contributed by atoms with Gasteiger partial charge in [-0.2, -0.15) is 9.40 Å². The Hall–Kier alpha value is -0.960. The van der Waals surface area contributed by atoms with Crippen molar-refractivity contribution >= 4 is 10.0 Å². The van der Waals surface area contributed by atoms with E-state index in [9.17, 15) is 8.42 Å². The van der Waals surface area contributed by atoms with Gasteiger partial charge in [0.1, 0.15) is 0 Å². The number of aromatic nitrogens is 2. The quantitative estimate of drug-likeness (QED) is 0.776. The minimum Gasteiger partial charge on any atom is -0.374 e. The van der Waals surface area contributed by atoms with Crippen LogP contribution in [0.5, 0.6) is 0 Å². The summed E-state index contributed by atoms with van der Waals surface area (Å²) in [6.07, 6.45) is 1.22. The summed E-state index contributed by atoms with van der Waals surface area (Å²) in [5, 5.41) is 4.08. The minimum atomic E-state index is -3.54. The molecule has 0 bridgehead atoms. The van der Waals surface area contributed by atoms with Crippen molar-refractivity contribution in [3.63, 3.8) is 0 Å². The van der Waals surface area contributed by atoms with Crippen molar-refractivity contribution in [1.82, 2.24) is 14.1 Å². The lowest BCUT2D eigenvalue weighted by Crippen LogP contribution is -2.53. The van der Waals surface area contributed by atoms with Crippen molar-refractivity contribution in [2.45, 2.75) is 24.1 Å². The first-order valence-corrected chi connectivity index (χ1v) is 7.22. The van der Waals surface area contributed by atoms with Gasteiger partial charge in [0.2, 0.25) is 0 Å². The molecule has 0 aromatic carbocycles. The zero-order valence-corrected chi connectivity index (χ0v) is 11.3. The SMILES string of the molecule is CC1COC(CN)CN1S(=O)(=O)c1ccnn1C. The fourth-order valence-electron chi connectivity index (χ4n) is 2.00. The average Bonchev–Trinajstić information content (AvgIpc) is 2.76. The number of hydrogen-bond donors (Lipinski definition) is 1. The van der Waals surface area contributed by atoms with E-state index in [2.05, 4.69) is 5.10 Å². The van der Waals surface area contributed by atoms with Crippen LogP contribution >= 0.6 is 0 Å². The van der Waals surface area contributed by atoms with Gasteiger partial charge in [0.15, 0.2) is 5.03 Å². The Bertz CT molecular complexity index is 513. The maximum Gasteiger partial charge on any atom is 0.260 e. The van der Waals surface area contributed by atoms with Crippen LogP contribution in [-0.2, 0) is 21.8 Å². The zero-order chi connectivity index (χ0) is 13.3. The molecule has 8 heteroatoms. The molecule has 2 N–H and O–H groups in total. The molecule has 2 rings (SSSR count). The van der Waals surface area contributed by atoms with Crippen molar-refractivity contribution in [3.8, 4) is 0 Å². The minimum absolute atomic E-state index is 0.187. The number of rotatable bonds is 3. The van der Waals surface area contributed by atoms with Gasteiger partial charge in [-0.3, -0.25) is 4.68 Å². The molecule has 0 spiro atoms. The van der Waals surface area contributed by atoms with Crippen LogP contribution in [0.4, 0.5) is 0 Å². The molecule has 0 radical (unpaired) electrons. The van der Waals surface area contributed by atoms with Crippen LogP contribution in [0, 0.1) is 0 Å². The highest BCUT2D eigenvalue weighted by Gasteiger charge is 2.36. The molecule has 0 saturated carbocycles. The lowest BCUT2D eigenvalue weighted by molar-refractivity contribution is -0.0221. The molecular formula is C10H18N4O3S. The summed E-state index contributed by atoms with van der Waals surface area (Å²) >= 11 is 0. The highest BCUT2D eigenvalue weighted by Crippen LogP contribution is 2.21. The summed E-state index contributed by atoms with van der Waals surface area (Å²) in [7, 11) is -1.93. The van der Waals surface area contributed by atoms with E-state index in [1.165, 1.54) is 21.3 Å². The molecular weight excluding hydrogens is 256 g/mol. The smallest absolute Gasteiger partial charge is 0.260 e. The molecule has 7 nitrogen and oxygen atoms in total. The molecule has 0 amide bonds. The molecule has 1 aromatic heterocycles. The molecule has 1 fully saturated rings. The van der Waals surface area contributed by atoms with Crippen LogP contribution in [0.15, 0.2) is 17.3 Å². The number of ether oxygens (including phenoxy) is 1.